The first kappa shape index (κ1) is 26.7. The molecule has 0 radical (unpaired) electrons. The normalized spacial score (nSPS) is 20.4. The summed E-state index contributed by atoms with van der Waals surface area (Å²) >= 11 is 0. The van der Waals surface area contributed by atoms with Crippen LogP contribution < -0.4 is 19.8 Å². The second kappa shape index (κ2) is 10.3. The van der Waals surface area contributed by atoms with Gasteiger partial charge < -0.3 is 14.9 Å². The molecule has 1 spiro atoms. The number of aliphatic hydroxyl groups is 1. The van der Waals surface area contributed by atoms with Gasteiger partial charge in [-0.3, -0.25) is 10.1 Å². The van der Waals surface area contributed by atoms with Crippen molar-refractivity contribution in [3.8, 4) is 0 Å². The molecule has 0 bridgehead atoms. The molecule has 3 heterocycles. The van der Waals surface area contributed by atoms with E-state index in [-0.39, 0.29) is 55.5 Å². The third-order valence-electron chi connectivity index (χ3n) is 7.74. The number of nitrogens with one attached hydrogen (secondary N) is 2. The zero-order valence-corrected chi connectivity index (χ0v) is 21.8. The second-order valence-electron chi connectivity index (χ2n) is 10.3. The summed E-state index contributed by atoms with van der Waals surface area (Å²) in [5.41, 5.74) is 1.17. The minimum atomic E-state index is -3.87. The number of aromatic nitrogens is 2. The van der Waals surface area contributed by atoms with Crippen molar-refractivity contribution in [3.05, 3.63) is 36.0 Å². The summed E-state index contributed by atoms with van der Waals surface area (Å²) in [7, 11) is -3.87. The molecule has 5 rings (SSSR count). The summed E-state index contributed by atoms with van der Waals surface area (Å²) in [5, 5.41) is 11.7. The zero-order valence-electron chi connectivity index (χ0n) is 21.0. The Balaban J connectivity index is 1.38. The molecule has 10 nitrogen and oxygen atoms in total. The second-order valence-corrected chi connectivity index (χ2v) is 12.1. The van der Waals surface area contributed by atoms with E-state index in [1.54, 1.807) is 11.0 Å². The summed E-state index contributed by atoms with van der Waals surface area (Å²) in [4.78, 5) is 25.7. The highest BCUT2D eigenvalue weighted by molar-refractivity contribution is 7.89. The average molecular weight is 551 g/mol. The average Bonchev–Trinajstić information content (AvgIpc) is 3.66. The van der Waals surface area contributed by atoms with Crippen LogP contribution >= 0.6 is 0 Å². The molecule has 2 aliphatic heterocycles. The van der Waals surface area contributed by atoms with Crippen molar-refractivity contribution in [1.29, 1.82) is 0 Å². The number of benzene rings is 1. The molecule has 206 valence electrons. The van der Waals surface area contributed by atoms with E-state index >= 15 is 0 Å². The first-order valence-corrected chi connectivity index (χ1v) is 14.3. The molecule has 1 saturated carbocycles. The quantitative estimate of drug-likeness (QED) is 0.458. The number of anilines is 3. The molecule has 2 saturated heterocycles. The van der Waals surface area contributed by atoms with E-state index in [4.69, 9.17) is 5.11 Å². The van der Waals surface area contributed by atoms with Crippen LogP contribution in [0.2, 0.25) is 0 Å². The fraction of sp³-hybridized carbons (Fsp3) is 0.560. The van der Waals surface area contributed by atoms with Crippen LogP contribution in [0.1, 0.15) is 48.9 Å². The van der Waals surface area contributed by atoms with Crippen LogP contribution in [0.25, 0.3) is 0 Å². The highest BCUT2D eigenvalue weighted by atomic mass is 32.2. The van der Waals surface area contributed by atoms with E-state index in [0.717, 1.165) is 12.8 Å². The Morgan fingerprint density at radius 1 is 1.00 bits per heavy atom. The SMILES string of the molecule is O=C(Nc1nccc(N2CCC(F)(F)CC2)n1)c1ccc(S(=O)(=O)NCCO)cc1N1CCC2(CC1)CC2. The van der Waals surface area contributed by atoms with Gasteiger partial charge in [0.05, 0.1) is 22.8 Å². The summed E-state index contributed by atoms with van der Waals surface area (Å²) in [6.45, 7) is 1.27. The summed E-state index contributed by atoms with van der Waals surface area (Å²) in [6, 6.07) is 5.93. The van der Waals surface area contributed by atoms with E-state index in [2.05, 4.69) is 20.0 Å². The Morgan fingerprint density at radius 3 is 2.34 bits per heavy atom. The van der Waals surface area contributed by atoms with Crippen LogP contribution in [-0.2, 0) is 10.0 Å². The van der Waals surface area contributed by atoms with Crippen LogP contribution in [-0.4, -0.2) is 74.7 Å². The van der Waals surface area contributed by atoms with Crippen molar-refractivity contribution in [3.63, 3.8) is 0 Å². The van der Waals surface area contributed by atoms with Crippen molar-refractivity contribution in [1.82, 2.24) is 14.7 Å². The molecule has 3 N–H and O–H groups in total. The number of carbonyl (C=O) groups is 1. The minimum absolute atomic E-state index is 0.00403. The predicted octanol–water partition coefficient (Wildman–Crippen LogP) is 2.62. The standard InChI is InChI=1S/C25H32F2N6O4S/c26-25(27)8-14-33(15-9-25)21-3-10-28-23(30-21)31-22(35)19-2-1-18(38(36,37)29-11-16-34)17-20(19)32-12-6-24(4-5-24)7-13-32/h1-3,10,17,29,34H,4-9,11-16H2,(H,28,30,31,35). The molecule has 1 aromatic heterocycles. The molecule has 0 unspecified atom stereocenters. The fourth-order valence-corrected chi connectivity index (χ4v) is 6.15. The Kier molecular flexibility index (Phi) is 7.27. The van der Waals surface area contributed by atoms with Crippen LogP contribution in [0.3, 0.4) is 0 Å². The molecule has 3 aliphatic rings. The number of hydrogen-bond donors (Lipinski definition) is 3. The van der Waals surface area contributed by atoms with Gasteiger partial charge in [-0.05, 0) is 55.4 Å². The Morgan fingerprint density at radius 2 is 1.68 bits per heavy atom. The lowest BCUT2D eigenvalue weighted by atomic mass is 9.93. The van der Waals surface area contributed by atoms with Gasteiger partial charge in [-0.2, -0.15) is 4.98 Å². The van der Waals surface area contributed by atoms with Gasteiger partial charge in [0, 0.05) is 51.8 Å². The maximum atomic E-state index is 13.6. The molecule has 3 fully saturated rings. The van der Waals surface area contributed by atoms with Gasteiger partial charge in [0.15, 0.2) is 0 Å². The Bertz CT molecular complexity index is 1280. The number of halogens is 2. The third-order valence-corrected chi connectivity index (χ3v) is 9.19. The largest absolute Gasteiger partial charge is 0.395 e. The van der Waals surface area contributed by atoms with Gasteiger partial charge >= 0.3 is 0 Å². The highest BCUT2D eigenvalue weighted by Crippen LogP contribution is 2.54. The number of nitrogens with zero attached hydrogens (tertiary/aromatic N) is 4. The van der Waals surface area contributed by atoms with E-state index in [0.29, 0.717) is 30.0 Å². The number of aliphatic hydroxyl groups excluding tert-OH is 1. The lowest BCUT2D eigenvalue weighted by molar-refractivity contribution is -0.0221. The highest BCUT2D eigenvalue weighted by Gasteiger charge is 2.44. The van der Waals surface area contributed by atoms with Gasteiger partial charge in [-0.25, -0.2) is 26.9 Å². The molecule has 38 heavy (non-hydrogen) atoms. The number of carbonyl (C=O) groups excluding carboxylic acids is 1. The lowest BCUT2D eigenvalue weighted by Gasteiger charge is -2.35. The number of piperidine rings is 2. The van der Waals surface area contributed by atoms with E-state index in [1.165, 1.54) is 37.2 Å². The van der Waals surface area contributed by atoms with E-state index in [9.17, 15) is 22.0 Å². The molecule has 0 atom stereocenters. The number of sulfonamides is 1. The van der Waals surface area contributed by atoms with Crippen LogP contribution in [0, 0.1) is 5.41 Å². The summed E-state index contributed by atoms with van der Waals surface area (Å²) in [5.74, 6) is -2.69. The maximum absolute atomic E-state index is 13.6. The molecular formula is C25H32F2N6O4S. The van der Waals surface area contributed by atoms with Crippen LogP contribution in [0.5, 0.6) is 0 Å². The molecule has 2 aromatic rings. The summed E-state index contributed by atoms with van der Waals surface area (Å²) in [6.07, 6.45) is 5.31. The van der Waals surface area contributed by atoms with Crippen LogP contribution in [0.15, 0.2) is 35.4 Å². The first-order chi connectivity index (χ1) is 18.1. The smallest absolute Gasteiger partial charge is 0.260 e. The van der Waals surface area contributed by atoms with Crippen molar-refractivity contribution in [2.75, 3.05) is 54.4 Å². The number of alkyl halides is 2. The molecule has 1 aromatic carbocycles. The Labute approximate surface area is 220 Å². The molecule has 1 amide bonds. The fourth-order valence-electron chi connectivity index (χ4n) is 5.11. The third kappa shape index (κ3) is 5.89. The molecular weight excluding hydrogens is 518 g/mol. The minimum Gasteiger partial charge on any atom is -0.395 e. The lowest BCUT2D eigenvalue weighted by Crippen LogP contribution is -2.39. The van der Waals surface area contributed by atoms with E-state index in [1.807, 2.05) is 4.90 Å². The van der Waals surface area contributed by atoms with Crippen molar-refractivity contribution in [2.45, 2.75) is 49.3 Å². The van der Waals surface area contributed by atoms with Gasteiger partial charge in [-0.15, -0.1) is 0 Å². The molecule has 1 aliphatic carbocycles. The van der Waals surface area contributed by atoms with Gasteiger partial charge in [0.1, 0.15) is 5.82 Å². The van der Waals surface area contributed by atoms with E-state index < -0.39 is 21.9 Å². The Hall–Kier alpha value is -2.90. The van der Waals surface area contributed by atoms with Crippen LogP contribution in [0.4, 0.5) is 26.2 Å². The summed E-state index contributed by atoms with van der Waals surface area (Å²) < 4.78 is 54.9. The van der Waals surface area contributed by atoms with Gasteiger partial charge in [0.2, 0.25) is 16.0 Å². The number of amides is 1. The molecule has 13 heteroatoms. The zero-order chi connectivity index (χ0) is 27.0. The first-order valence-electron chi connectivity index (χ1n) is 12.9. The number of rotatable bonds is 8. The van der Waals surface area contributed by atoms with Crippen molar-refractivity contribution in [2.24, 2.45) is 5.41 Å². The van der Waals surface area contributed by atoms with Crippen molar-refractivity contribution < 1.29 is 27.1 Å². The monoisotopic (exact) mass is 550 g/mol. The number of hydrogen-bond acceptors (Lipinski definition) is 8. The van der Waals surface area contributed by atoms with Gasteiger partial charge in [0.25, 0.3) is 11.8 Å². The maximum Gasteiger partial charge on any atom is 0.260 e. The van der Waals surface area contributed by atoms with Gasteiger partial charge in [-0.1, -0.05) is 0 Å². The van der Waals surface area contributed by atoms with Crippen molar-refractivity contribution >= 4 is 33.4 Å². The topological polar surface area (TPSA) is 128 Å². The predicted molar refractivity (Wildman–Crippen MR) is 138 cm³/mol.